The van der Waals surface area contributed by atoms with Gasteiger partial charge >= 0.3 is 5.97 Å². The van der Waals surface area contributed by atoms with Crippen LogP contribution in [0.1, 0.15) is 17.2 Å². The van der Waals surface area contributed by atoms with Crippen LogP contribution >= 0.6 is 0 Å². The predicted octanol–water partition coefficient (Wildman–Crippen LogP) is 3.42. The fourth-order valence-electron chi connectivity index (χ4n) is 3.08. The van der Waals surface area contributed by atoms with Gasteiger partial charge in [0.1, 0.15) is 18.0 Å². The Labute approximate surface area is 197 Å². The SMILES string of the molecule is COc1ccc(C)cc1NC(=O)[C@H](OC(=O)CNC(=O)COc1ccccc1)c1ccccc1. The number of nitrogens with one attached hydrogen (secondary N) is 2. The Morgan fingerprint density at radius 1 is 0.912 bits per heavy atom. The van der Waals surface area contributed by atoms with Crippen molar-refractivity contribution in [3.8, 4) is 11.5 Å². The molecule has 34 heavy (non-hydrogen) atoms. The fourth-order valence-corrected chi connectivity index (χ4v) is 3.08. The average Bonchev–Trinajstić information content (AvgIpc) is 2.86. The monoisotopic (exact) mass is 462 g/mol. The number of aryl methyl sites for hydroxylation is 1. The Morgan fingerprint density at radius 3 is 2.26 bits per heavy atom. The molecule has 0 heterocycles. The van der Waals surface area contributed by atoms with Crippen LogP contribution < -0.4 is 20.1 Å². The maximum absolute atomic E-state index is 13.1. The Balaban J connectivity index is 1.62. The minimum atomic E-state index is -1.23. The zero-order chi connectivity index (χ0) is 24.3. The van der Waals surface area contributed by atoms with Gasteiger partial charge in [-0.3, -0.25) is 14.4 Å². The van der Waals surface area contributed by atoms with E-state index in [1.54, 1.807) is 66.7 Å². The molecule has 8 nitrogen and oxygen atoms in total. The quantitative estimate of drug-likeness (QED) is 0.448. The maximum Gasteiger partial charge on any atom is 0.326 e. The Kier molecular flexibility index (Phi) is 8.62. The molecule has 176 valence electrons. The van der Waals surface area contributed by atoms with Gasteiger partial charge in [0, 0.05) is 5.56 Å². The van der Waals surface area contributed by atoms with E-state index in [4.69, 9.17) is 14.2 Å². The van der Waals surface area contributed by atoms with E-state index in [0.717, 1.165) is 5.56 Å². The van der Waals surface area contributed by atoms with E-state index in [0.29, 0.717) is 22.7 Å². The highest BCUT2D eigenvalue weighted by atomic mass is 16.5. The third-order valence-electron chi connectivity index (χ3n) is 4.75. The van der Waals surface area contributed by atoms with Crippen molar-refractivity contribution >= 4 is 23.5 Å². The summed E-state index contributed by atoms with van der Waals surface area (Å²) in [5.41, 5.74) is 1.86. The van der Waals surface area contributed by atoms with Crippen molar-refractivity contribution in [2.24, 2.45) is 0 Å². The van der Waals surface area contributed by atoms with E-state index in [-0.39, 0.29) is 6.61 Å². The van der Waals surface area contributed by atoms with Crippen LogP contribution in [0.15, 0.2) is 78.9 Å². The number of hydrogen-bond acceptors (Lipinski definition) is 6. The first-order valence-electron chi connectivity index (χ1n) is 10.6. The summed E-state index contributed by atoms with van der Waals surface area (Å²) < 4.78 is 16.1. The number of esters is 1. The number of methoxy groups -OCH3 is 1. The van der Waals surface area contributed by atoms with Gasteiger partial charge in [0.25, 0.3) is 11.8 Å². The Hall–Kier alpha value is -4.33. The molecule has 3 aromatic carbocycles. The van der Waals surface area contributed by atoms with Gasteiger partial charge in [0.05, 0.1) is 12.8 Å². The molecule has 0 saturated heterocycles. The molecule has 3 rings (SSSR count). The molecular formula is C26H26N2O6. The highest BCUT2D eigenvalue weighted by Gasteiger charge is 2.26. The molecule has 0 saturated carbocycles. The predicted molar refractivity (Wildman–Crippen MR) is 127 cm³/mol. The van der Waals surface area contributed by atoms with Gasteiger partial charge in [-0.05, 0) is 36.8 Å². The van der Waals surface area contributed by atoms with Crippen LogP contribution in [0.3, 0.4) is 0 Å². The highest BCUT2D eigenvalue weighted by molar-refractivity contribution is 5.97. The standard InChI is InChI=1S/C26H26N2O6/c1-18-13-14-22(32-2)21(15-18)28-26(31)25(19-9-5-3-6-10-19)34-24(30)16-27-23(29)17-33-20-11-7-4-8-12-20/h3-15,25H,16-17H2,1-2H3,(H,27,29)(H,28,31)/t25-/m1/s1. The first-order valence-corrected chi connectivity index (χ1v) is 10.6. The molecule has 2 N–H and O–H groups in total. The number of ether oxygens (including phenoxy) is 3. The van der Waals surface area contributed by atoms with Crippen molar-refractivity contribution in [1.29, 1.82) is 0 Å². The molecule has 0 aliphatic rings. The summed E-state index contributed by atoms with van der Waals surface area (Å²) in [4.78, 5) is 37.5. The number of rotatable bonds is 10. The van der Waals surface area contributed by atoms with E-state index in [2.05, 4.69) is 10.6 Å². The van der Waals surface area contributed by atoms with Gasteiger partial charge < -0.3 is 24.8 Å². The van der Waals surface area contributed by atoms with Gasteiger partial charge in [-0.25, -0.2) is 0 Å². The molecule has 0 bridgehead atoms. The molecule has 3 aromatic rings. The molecule has 0 fully saturated rings. The van der Waals surface area contributed by atoms with Crippen LogP contribution in [0.5, 0.6) is 11.5 Å². The first kappa shape index (κ1) is 24.3. The molecule has 8 heteroatoms. The molecule has 0 aliphatic carbocycles. The lowest BCUT2D eigenvalue weighted by atomic mass is 10.1. The fraction of sp³-hybridized carbons (Fsp3) is 0.192. The summed E-state index contributed by atoms with van der Waals surface area (Å²) in [6.07, 6.45) is -1.23. The average molecular weight is 463 g/mol. The Bertz CT molecular complexity index is 1120. The van der Waals surface area contributed by atoms with Crippen molar-refractivity contribution in [2.45, 2.75) is 13.0 Å². The zero-order valence-corrected chi connectivity index (χ0v) is 18.9. The number of carbonyl (C=O) groups is 3. The largest absolute Gasteiger partial charge is 0.495 e. The number of carbonyl (C=O) groups excluding carboxylic acids is 3. The second kappa shape index (κ2) is 12.1. The molecule has 2 amide bonds. The van der Waals surface area contributed by atoms with Crippen LogP contribution in [-0.2, 0) is 19.1 Å². The molecule has 1 atom stereocenters. The summed E-state index contributed by atoms with van der Waals surface area (Å²) in [6.45, 7) is 1.21. The van der Waals surface area contributed by atoms with Gasteiger partial charge in [-0.2, -0.15) is 0 Å². The van der Waals surface area contributed by atoms with Crippen molar-refractivity contribution < 1.29 is 28.6 Å². The lowest BCUT2D eigenvalue weighted by molar-refractivity contribution is -0.154. The Morgan fingerprint density at radius 2 is 1.59 bits per heavy atom. The van der Waals surface area contributed by atoms with Crippen molar-refractivity contribution in [2.75, 3.05) is 25.6 Å². The number of para-hydroxylation sites is 1. The summed E-state index contributed by atoms with van der Waals surface area (Å²) in [5.74, 6) is -0.808. The van der Waals surface area contributed by atoms with Crippen LogP contribution in [-0.4, -0.2) is 38.0 Å². The van der Waals surface area contributed by atoms with E-state index in [1.165, 1.54) is 7.11 Å². The smallest absolute Gasteiger partial charge is 0.326 e. The van der Waals surface area contributed by atoms with E-state index in [1.807, 2.05) is 19.1 Å². The van der Waals surface area contributed by atoms with Crippen molar-refractivity contribution in [1.82, 2.24) is 5.32 Å². The topological polar surface area (TPSA) is 103 Å². The van der Waals surface area contributed by atoms with E-state index >= 15 is 0 Å². The van der Waals surface area contributed by atoms with Crippen LogP contribution in [0.25, 0.3) is 0 Å². The number of benzene rings is 3. The second-order valence-electron chi connectivity index (χ2n) is 7.35. The van der Waals surface area contributed by atoms with Crippen LogP contribution in [0.2, 0.25) is 0 Å². The normalized spacial score (nSPS) is 11.1. The van der Waals surface area contributed by atoms with Gasteiger partial charge in [-0.15, -0.1) is 0 Å². The molecule has 0 unspecified atom stereocenters. The van der Waals surface area contributed by atoms with Gasteiger partial charge in [0.2, 0.25) is 6.10 Å². The van der Waals surface area contributed by atoms with Gasteiger partial charge in [0.15, 0.2) is 6.61 Å². The molecule has 0 spiro atoms. The molecule has 0 aromatic heterocycles. The minimum absolute atomic E-state index is 0.257. The van der Waals surface area contributed by atoms with Crippen LogP contribution in [0.4, 0.5) is 5.69 Å². The molecular weight excluding hydrogens is 436 g/mol. The van der Waals surface area contributed by atoms with Crippen molar-refractivity contribution in [3.63, 3.8) is 0 Å². The third-order valence-corrected chi connectivity index (χ3v) is 4.75. The number of anilines is 1. The molecule has 0 aliphatic heterocycles. The summed E-state index contributed by atoms with van der Waals surface area (Å²) >= 11 is 0. The molecule has 0 radical (unpaired) electrons. The lowest BCUT2D eigenvalue weighted by Crippen LogP contribution is -2.36. The third kappa shape index (κ3) is 7.09. The van der Waals surface area contributed by atoms with Crippen molar-refractivity contribution in [3.05, 3.63) is 90.0 Å². The summed E-state index contributed by atoms with van der Waals surface area (Å²) in [7, 11) is 1.50. The number of hydrogen-bond donors (Lipinski definition) is 2. The van der Waals surface area contributed by atoms with E-state index < -0.39 is 30.4 Å². The minimum Gasteiger partial charge on any atom is -0.495 e. The van der Waals surface area contributed by atoms with Gasteiger partial charge in [-0.1, -0.05) is 54.6 Å². The maximum atomic E-state index is 13.1. The first-order chi connectivity index (χ1) is 16.5. The lowest BCUT2D eigenvalue weighted by Gasteiger charge is -2.19. The highest BCUT2D eigenvalue weighted by Crippen LogP contribution is 2.27. The summed E-state index contributed by atoms with van der Waals surface area (Å²) in [5, 5.41) is 5.19. The summed E-state index contributed by atoms with van der Waals surface area (Å²) in [6, 6.07) is 22.8. The number of amides is 2. The van der Waals surface area contributed by atoms with E-state index in [9.17, 15) is 14.4 Å². The second-order valence-corrected chi connectivity index (χ2v) is 7.35. The van der Waals surface area contributed by atoms with Crippen LogP contribution in [0, 0.1) is 6.92 Å². The zero-order valence-electron chi connectivity index (χ0n) is 18.9.